The molecule has 0 aromatic heterocycles. The molecule has 2 aromatic rings. The maximum absolute atomic E-state index is 12.9. The van der Waals surface area contributed by atoms with Crippen molar-refractivity contribution in [2.75, 3.05) is 0 Å². The number of amides is 2. The molecule has 22 heavy (non-hydrogen) atoms. The molecule has 0 fully saturated rings. The molecule has 0 saturated heterocycles. The van der Waals surface area contributed by atoms with Crippen molar-refractivity contribution in [1.82, 2.24) is 10.2 Å². The summed E-state index contributed by atoms with van der Waals surface area (Å²) >= 11 is 0. The molecule has 1 N–H and O–H groups in total. The van der Waals surface area contributed by atoms with Crippen LogP contribution in [0, 0.1) is 5.82 Å². The van der Waals surface area contributed by atoms with Crippen LogP contribution in [0.15, 0.2) is 54.6 Å². The maximum Gasteiger partial charge on any atom is 0.318 e. The predicted molar refractivity (Wildman–Crippen MR) is 85.8 cm³/mol. The van der Waals surface area contributed by atoms with Gasteiger partial charge in [0.2, 0.25) is 0 Å². The van der Waals surface area contributed by atoms with E-state index in [9.17, 15) is 9.18 Å². The Kier molecular flexibility index (Phi) is 5.53. The molecular weight excluding hydrogens is 279 g/mol. The number of rotatable bonds is 5. The summed E-state index contributed by atoms with van der Waals surface area (Å²) in [7, 11) is 0. The summed E-state index contributed by atoms with van der Waals surface area (Å²) in [6.45, 7) is 4.92. The van der Waals surface area contributed by atoms with Crippen LogP contribution < -0.4 is 5.32 Å². The molecule has 2 amide bonds. The number of nitrogens with one attached hydrogen (secondary N) is 1. The first-order chi connectivity index (χ1) is 10.6. The van der Waals surface area contributed by atoms with Crippen LogP contribution in [0.5, 0.6) is 0 Å². The fourth-order valence-electron chi connectivity index (χ4n) is 2.15. The number of hydrogen-bond acceptors (Lipinski definition) is 1. The van der Waals surface area contributed by atoms with Gasteiger partial charge in [-0.3, -0.25) is 0 Å². The fourth-order valence-corrected chi connectivity index (χ4v) is 2.15. The number of carbonyl (C=O) groups is 1. The lowest BCUT2D eigenvalue weighted by atomic mass is 10.2. The quantitative estimate of drug-likeness (QED) is 0.891. The van der Waals surface area contributed by atoms with E-state index >= 15 is 0 Å². The minimum atomic E-state index is -0.275. The molecule has 0 atom stereocenters. The van der Waals surface area contributed by atoms with Crippen molar-refractivity contribution in [3.8, 4) is 0 Å². The van der Waals surface area contributed by atoms with E-state index in [1.807, 2.05) is 44.2 Å². The van der Waals surface area contributed by atoms with Gasteiger partial charge in [0.15, 0.2) is 0 Å². The molecule has 2 rings (SSSR count). The summed E-state index contributed by atoms with van der Waals surface area (Å²) in [6.07, 6.45) is 0. The highest BCUT2D eigenvalue weighted by molar-refractivity contribution is 5.74. The highest BCUT2D eigenvalue weighted by Crippen LogP contribution is 2.09. The van der Waals surface area contributed by atoms with Crippen molar-refractivity contribution in [3.63, 3.8) is 0 Å². The van der Waals surface area contributed by atoms with Crippen LogP contribution in [0.3, 0.4) is 0 Å². The van der Waals surface area contributed by atoms with Crippen LogP contribution in [0.2, 0.25) is 0 Å². The van der Waals surface area contributed by atoms with Crippen LogP contribution >= 0.6 is 0 Å². The van der Waals surface area contributed by atoms with Gasteiger partial charge in [-0.2, -0.15) is 0 Å². The first-order valence-corrected chi connectivity index (χ1v) is 7.39. The van der Waals surface area contributed by atoms with Gasteiger partial charge in [0, 0.05) is 19.1 Å². The third-order valence-corrected chi connectivity index (χ3v) is 3.44. The second-order valence-corrected chi connectivity index (χ2v) is 5.49. The fraction of sp³-hybridized carbons (Fsp3) is 0.278. The lowest BCUT2D eigenvalue weighted by molar-refractivity contribution is 0.179. The molecule has 0 aliphatic heterocycles. The number of carbonyl (C=O) groups excluding carboxylic acids is 1. The summed E-state index contributed by atoms with van der Waals surface area (Å²) in [6, 6.07) is 16.0. The Morgan fingerprint density at radius 1 is 1.05 bits per heavy atom. The van der Waals surface area contributed by atoms with Gasteiger partial charge in [-0.05, 0) is 37.1 Å². The summed E-state index contributed by atoms with van der Waals surface area (Å²) < 4.78 is 12.9. The lowest BCUT2D eigenvalue weighted by Crippen LogP contribution is -2.43. The molecule has 3 nitrogen and oxygen atoms in total. The molecule has 2 aromatic carbocycles. The van der Waals surface area contributed by atoms with Crippen molar-refractivity contribution in [1.29, 1.82) is 0 Å². The van der Waals surface area contributed by atoms with Crippen molar-refractivity contribution in [3.05, 3.63) is 71.5 Å². The first-order valence-electron chi connectivity index (χ1n) is 7.39. The summed E-state index contributed by atoms with van der Waals surface area (Å²) in [5.74, 6) is -0.275. The predicted octanol–water partition coefficient (Wildman–Crippen LogP) is 3.95. The van der Waals surface area contributed by atoms with E-state index in [1.165, 1.54) is 12.1 Å². The second-order valence-electron chi connectivity index (χ2n) is 5.49. The van der Waals surface area contributed by atoms with Gasteiger partial charge in [0.05, 0.1) is 0 Å². The highest BCUT2D eigenvalue weighted by atomic mass is 19.1. The second kappa shape index (κ2) is 7.59. The van der Waals surface area contributed by atoms with Crippen molar-refractivity contribution >= 4 is 6.03 Å². The minimum Gasteiger partial charge on any atom is -0.334 e. The Balaban J connectivity index is 1.96. The average Bonchev–Trinajstić information content (AvgIpc) is 2.52. The van der Waals surface area contributed by atoms with Crippen molar-refractivity contribution in [2.24, 2.45) is 0 Å². The molecule has 0 bridgehead atoms. The van der Waals surface area contributed by atoms with Gasteiger partial charge in [-0.25, -0.2) is 9.18 Å². The summed E-state index contributed by atoms with van der Waals surface area (Å²) in [5.41, 5.74) is 1.96. The zero-order valence-electron chi connectivity index (χ0n) is 12.9. The molecule has 0 aliphatic carbocycles. The molecule has 0 heterocycles. The normalized spacial score (nSPS) is 10.5. The van der Waals surface area contributed by atoms with Gasteiger partial charge in [0.1, 0.15) is 5.82 Å². The smallest absolute Gasteiger partial charge is 0.318 e. The molecule has 116 valence electrons. The van der Waals surface area contributed by atoms with E-state index in [0.717, 1.165) is 11.1 Å². The van der Waals surface area contributed by atoms with Crippen LogP contribution in [0.4, 0.5) is 9.18 Å². The molecule has 0 spiro atoms. The maximum atomic E-state index is 12.9. The number of hydrogen-bond donors (Lipinski definition) is 1. The van der Waals surface area contributed by atoms with Crippen LogP contribution in [0.1, 0.15) is 25.0 Å². The van der Waals surface area contributed by atoms with Crippen LogP contribution in [-0.2, 0) is 13.1 Å². The van der Waals surface area contributed by atoms with Gasteiger partial charge in [-0.15, -0.1) is 0 Å². The Hall–Kier alpha value is -2.36. The van der Waals surface area contributed by atoms with Crippen molar-refractivity contribution < 1.29 is 9.18 Å². The van der Waals surface area contributed by atoms with E-state index in [2.05, 4.69) is 5.32 Å². The standard InChI is InChI=1S/C18H21FN2O/c1-14(2)21(13-16-6-4-3-5-7-16)18(22)20-12-15-8-10-17(19)11-9-15/h3-11,14H,12-13H2,1-2H3,(H,20,22). The topological polar surface area (TPSA) is 32.3 Å². The monoisotopic (exact) mass is 300 g/mol. The van der Waals surface area contributed by atoms with E-state index in [-0.39, 0.29) is 17.9 Å². The summed E-state index contributed by atoms with van der Waals surface area (Å²) in [5, 5.41) is 2.88. The van der Waals surface area contributed by atoms with E-state index in [1.54, 1.807) is 17.0 Å². The third-order valence-electron chi connectivity index (χ3n) is 3.44. The zero-order valence-corrected chi connectivity index (χ0v) is 12.9. The molecular formula is C18H21FN2O. The molecule has 4 heteroatoms. The van der Waals surface area contributed by atoms with Crippen LogP contribution in [0.25, 0.3) is 0 Å². The molecule has 0 radical (unpaired) electrons. The van der Waals surface area contributed by atoms with E-state index in [0.29, 0.717) is 13.1 Å². The Labute approximate surface area is 130 Å². The number of nitrogens with zero attached hydrogens (tertiary/aromatic N) is 1. The summed E-state index contributed by atoms with van der Waals surface area (Å²) in [4.78, 5) is 14.1. The number of benzene rings is 2. The van der Waals surface area contributed by atoms with Gasteiger partial charge < -0.3 is 10.2 Å². The minimum absolute atomic E-state index is 0.0911. The lowest BCUT2D eigenvalue weighted by Gasteiger charge is -2.27. The highest BCUT2D eigenvalue weighted by Gasteiger charge is 2.16. The Bertz CT molecular complexity index is 596. The van der Waals surface area contributed by atoms with Gasteiger partial charge in [-0.1, -0.05) is 42.5 Å². The van der Waals surface area contributed by atoms with Gasteiger partial charge >= 0.3 is 6.03 Å². The van der Waals surface area contributed by atoms with Crippen LogP contribution in [-0.4, -0.2) is 17.0 Å². The van der Waals surface area contributed by atoms with Crippen molar-refractivity contribution in [2.45, 2.75) is 33.0 Å². The Morgan fingerprint density at radius 3 is 2.27 bits per heavy atom. The van der Waals surface area contributed by atoms with Gasteiger partial charge in [0.25, 0.3) is 0 Å². The number of urea groups is 1. The largest absolute Gasteiger partial charge is 0.334 e. The average molecular weight is 300 g/mol. The zero-order chi connectivity index (χ0) is 15.9. The van der Waals surface area contributed by atoms with E-state index in [4.69, 9.17) is 0 Å². The molecule has 0 aliphatic rings. The Morgan fingerprint density at radius 2 is 1.68 bits per heavy atom. The number of halogens is 1. The molecule has 0 saturated carbocycles. The third kappa shape index (κ3) is 4.58. The first kappa shape index (κ1) is 16.0. The SMILES string of the molecule is CC(C)N(Cc1ccccc1)C(=O)NCc1ccc(F)cc1. The van der Waals surface area contributed by atoms with E-state index < -0.39 is 0 Å². The molecule has 0 unspecified atom stereocenters.